The van der Waals surface area contributed by atoms with Crippen LogP contribution < -0.4 is 9.47 Å². The van der Waals surface area contributed by atoms with Crippen LogP contribution in [-0.4, -0.2) is 32.0 Å². The molecule has 1 amide bonds. The van der Waals surface area contributed by atoms with Gasteiger partial charge in [-0.1, -0.05) is 18.2 Å². The van der Waals surface area contributed by atoms with Crippen LogP contribution in [-0.2, 0) is 16.4 Å². The summed E-state index contributed by atoms with van der Waals surface area (Å²) in [5.74, 6) is 0.841. The normalized spacial score (nSPS) is 17.4. The van der Waals surface area contributed by atoms with Gasteiger partial charge in [-0.2, -0.15) is 0 Å². The fourth-order valence-corrected chi connectivity index (χ4v) is 4.35. The lowest BCUT2D eigenvalue weighted by atomic mass is 10.1. The first-order valence-corrected chi connectivity index (χ1v) is 8.56. The summed E-state index contributed by atoms with van der Waals surface area (Å²) in [4.78, 5) is 12.4. The maximum Gasteiger partial charge on any atom is 0.269 e. The molecule has 0 aromatic heterocycles. The molecule has 0 saturated carbocycles. The Hall–Kier alpha value is -2.54. The summed E-state index contributed by atoms with van der Waals surface area (Å²) in [6.07, 6.45) is 0.412. The second-order valence-electron chi connectivity index (χ2n) is 5.32. The highest BCUT2D eigenvalue weighted by Crippen LogP contribution is 2.33. The average Bonchev–Trinajstić information content (AvgIpc) is 3.08. The maximum absolute atomic E-state index is 12.5. The van der Waals surface area contributed by atoms with Crippen molar-refractivity contribution in [1.29, 1.82) is 0 Å². The van der Waals surface area contributed by atoms with E-state index in [0.29, 0.717) is 17.9 Å². The van der Waals surface area contributed by atoms with E-state index < -0.39 is 15.9 Å². The van der Waals surface area contributed by atoms with E-state index in [2.05, 4.69) is 0 Å². The second kappa shape index (κ2) is 4.99. The zero-order chi connectivity index (χ0) is 16.0. The zero-order valence-corrected chi connectivity index (χ0v) is 12.9. The highest BCUT2D eigenvalue weighted by atomic mass is 32.2. The molecular weight excluding hydrogens is 318 g/mol. The number of benzene rings is 2. The Kier molecular flexibility index (Phi) is 3.05. The molecule has 0 N–H and O–H groups in total. The molecule has 2 aliphatic rings. The predicted octanol–water partition coefficient (Wildman–Crippen LogP) is 1.80. The molecule has 0 unspecified atom stereocenters. The Morgan fingerprint density at radius 3 is 2.65 bits per heavy atom. The largest absolute Gasteiger partial charge is 0.454 e. The number of carbonyl (C=O) groups excluding carboxylic acids is 1. The van der Waals surface area contributed by atoms with E-state index in [9.17, 15) is 13.2 Å². The lowest BCUT2D eigenvalue weighted by Gasteiger charge is -2.15. The molecular formula is C16H13NO5S. The molecule has 2 aliphatic heterocycles. The van der Waals surface area contributed by atoms with Gasteiger partial charge in [-0.05, 0) is 36.2 Å². The lowest BCUT2D eigenvalue weighted by Crippen LogP contribution is -2.32. The van der Waals surface area contributed by atoms with E-state index in [0.717, 1.165) is 9.87 Å². The van der Waals surface area contributed by atoms with Crippen LogP contribution in [0.1, 0.15) is 15.9 Å². The third-order valence-corrected chi connectivity index (χ3v) is 5.79. The van der Waals surface area contributed by atoms with Crippen molar-refractivity contribution in [2.45, 2.75) is 11.3 Å². The molecule has 6 nitrogen and oxygen atoms in total. The van der Waals surface area contributed by atoms with Crippen molar-refractivity contribution in [2.75, 3.05) is 13.3 Å². The Balaban J connectivity index is 1.57. The molecule has 2 aromatic carbocycles. The van der Waals surface area contributed by atoms with Crippen molar-refractivity contribution in [3.63, 3.8) is 0 Å². The van der Waals surface area contributed by atoms with E-state index >= 15 is 0 Å². The van der Waals surface area contributed by atoms with Crippen LogP contribution in [0.15, 0.2) is 47.4 Å². The molecule has 0 atom stereocenters. The third-order valence-electron chi connectivity index (χ3n) is 3.95. The van der Waals surface area contributed by atoms with Gasteiger partial charge in [0.15, 0.2) is 11.5 Å². The first-order valence-electron chi connectivity index (χ1n) is 7.12. The number of carbonyl (C=O) groups is 1. The molecule has 2 heterocycles. The molecule has 23 heavy (non-hydrogen) atoms. The Bertz CT molecular complexity index is 906. The van der Waals surface area contributed by atoms with Gasteiger partial charge in [-0.15, -0.1) is 0 Å². The van der Waals surface area contributed by atoms with Crippen molar-refractivity contribution < 1.29 is 22.7 Å². The first kappa shape index (κ1) is 14.1. The predicted molar refractivity (Wildman–Crippen MR) is 80.9 cm³/mol. The second-order valence-corrected chi connectivity index (χ2v) is 7.15. The Morgan fingerprint density at radius 2 is 1.83 bits per heavy atom. The van der Waals surface area contributed by atoms with E-state index in [1.807, 2.05) is 12.1 Å². The van der Waals surface area contributed by atoms with E-state index in [4.69, 9.17) is 9.47 Å². The van der Waals surface area contributed by atoms with Gasteiger partial charge in [0.1, 0.15) is 4.90 Å². The van der Waals surface area contributed by atoms with E-state index in [-0.39, 0.29) is 23.8 Å². The molecule has 118 valence electrons. The van der Waals surface area contributed by atoms with Crippen LogP contribution in [0, 0.1) is 0 Å². The van der Waals surface area contributed by atoms with Crippen molar-refractivity contribution in [1.82, 2.24) is 4.31 Å². The number of amides is 1. The Labute approximate surface area is 133 Å². The fourth-order valence-electron chi connectivity index (χ4n) is 2.78. The van der Waals surface area contributed by atoms with Crippen molar-refractivity contribution >= 4 is 15.9 Å². The van der Waals surface area contributed by atoms with Crippen molar-refractivity contribution in [3.8, 4) is 11.5 Å². The summed E-state index contributed by atoms with van der Waals surface area (Å²) in [7, 11) is -3.75. The van der Waals surface area contributed by atoms with Crippen molar-refractivity contribution in [2.24, 2.45) is 0 Å². The quantitative estimate of drug-likeness (QED) is 0.857. The van der Waals surface area contributed by atoms with Crippen LogP contribution in [0.3, 0.4) is 0 Å². The van der Waals surface area contributed by atoms with Gasteiger partial charge < -0.3 is 9.47 Å². The van der Waals surface area contributed by atoms with E-state index in [1.54, 1.807) is 18.2 Å². The van der Waals surface area contributed by atoms with Gasteiger partial charge in [0.05, 0.1) is 5.56 Å². The summed E-state index contributed by atoms with van der Waals surface area (Å²) in [6, 6.07) is 11.7. The molecule has 7 heteroatoms. The number of nitrogens with zero attached hydrogens (tertiary/aromatic N) is 1. The number of ether oxygens (including phenoxy) is 2. The maximum atomic E-state index is 12.5. The number of hydrogen-bond donors (Lipinski definition) is 0. The minimum atomic E-state index is -3.75. The van der Waals surface area contributed by atoms with Gasteiger partial charge in [0, 0.05) is 6.54 Å². The standard InChI is InChI=1S/C16H13NO5S/c18-16-12-3-1-2-4-15(12)23(19,20)17(16)8-7-11-5-6-13-14(9-11)22-10-21-13/h1-6,9H,7-8,10H2. The van der Waals surface area contributed by atoms with Crippen LogP contribution in [0.2, 0.25) is 0 Å². The third kappa shape index (κ3) is 2.16. The molecule has 0 radical (unpaired) electrons. The van der Waals surface area contributed by atoms with E-state index in [1.165, 1.54) is 12.1 Å². The first-order chi connectivity index (χ1) is 11.1. The smallest absolute Gasteiger partial charge is 0.269 e. The van der Waals surface area contributed by atoms with Gasteiger partial charge in [0.2, 0.25) is 6.79 Å². The number of hydrogen-bond acceptors (Lipinski definition) is 5. The van der Waals surface area contributed by atoms with Crippen LogP contribution in [0.4, 0.5) is 0 Å². The summed E-state index contributed by atoms with van der Waals surface area (Å²) in [5.41, 5.74) is 1.12. The molecule has 4 rings (SSSR count). The number of fused-ring (bicyclic) bond motifs is 2. The van der Waals surface area contributed by atoms with Crippen LogP contribution in [0.5, 0.6) is 11.5 Å². The SMILES string of the molecule is O=C1c2ccccc2S(=O)(=O)N1CCc1ccc2c(c1)OCO2. The van der Waals surface area contributed by atoms with Gasteiger partial charge in [-0.25, -0.2) is 12.7 Å². The minimum Gasteiger partial charge on any atom is -0.454 e. The molecule has 0 fully saturated rings. The highest BCUT2D eigenvalue weighted by Gasteiger charge is 2.40. The molecule has 0 saturated heterocycles. The fraction of sp³-hybridized carbons (Fsp3) is 0.188. The molecule has 0 spiro atoms. The topological polar surface area (TPSA) is 72.9 Å². The molecule has 0 aliphatic carbocycles. The molecule has 0 bridgehead atoms. The zero-order valence-electron chi connectivity index (χ0n) is 12.1. The van der Waals surface area contributed by atoms with Crippen LogP contribution in [0.25, 0.3) is 0 Å². The lowest BCUT2D eigenvalue weighted by molar-refractivity contribution is 0.0872. The highest BCUT2D eigenvalue weighted by molar-refractivity contribution is 7.90. The summed E-state index contributed by atoms with van der Waals surface area (Å²) >= 11 is 0. The monoisotopic (exact) mass is 331 g/mol. The summed E-state index contributed by atoms with van der Waals surface area (Å²) in [5, 5.41) is 0. The van der Waals surface area contributed by atoms with Gasteiger partial charge >= 0.3 is 0 Å². The summed E-state index contributed by atoms with van der Waals surface area (Å²) < 4.78 is 36.4. The number of rotatable bonds is 3. The average molecular weight is 331 g/mol. The van der Waals surface area contributed by atoms with Gasteiger partial charge in [-0.3, -0.25) is 4.79 Å². The summed E-state index contributed by atoms with van der Waals surface area (Å²) in [6.45, 7) is 0.280. The van der Waals surface area contributed by atoms with Crippen LogP contribution >= 0.6 is 0 Å². The molecule has 2 aromatic rings. The minimum absolute atomic E-state index is 0.0793. The van der Waals surface area contributed by atoms with Crippen molar-refractivity contribution in [3.05, 3.63) is 53.6 Å². The number of sulfonamides is 1. The van der Waals surface area contributed by atoms with Gasteiger partial charge in [0.25, 0.3) is 15.9 Å². The Morgan fingerprint density at radius 1 is 1.04 bits per heavy atom.